The second-order valence-corrected chi connectivity index (χ2v) is 8.08. The molecule has 0 radical (unpaired) electrons. The van der Waals surface area contributed by atoms with E-state index in [1.165, 1.54) is 13.3 Å². The van der Waals surface area contributed by atoms with Gasteiger partial charge in [0.25, 0.3) is 5.91 Å². The Morgan fingerprint density at radius 2 is 1.94 bits per heavy atom. The number of aromatic nitrogens is 3. The number of fused-ring (bicyclic) bond motifs is 1. The van der Waals surface area contributed by atoms with Crippen molar-refractivity contribution in [2.45, 2.75) is 32.4 Å². The summed E-state index contributed by atoms with van der Waals surface area (Å²) in [4.78, 5) is 25.4. The molecule has 9 heteroatoms. The lowest BCUT2D eigenvalue weighted by molar-refractivity contribution is 0.0542. The SMILES string of the molecule is COc1ncc(-c2cccc3c2C[C@H](NC(=O)c2ccc(OCCOC(C)C)nc2)CO3)cn1. The van der Waals surface area contributed by atoms with Gasteiger partial charge in [-0.05, 0) is 31.5 Å². The normalized spacial score (nSPS) is 14.8. The quantitative estimate of drug-likeness (QED) is 0.482. The average Bonchev–Trinajstić information content (AvgIpc) is 2.86. The zero-order valence-electron chi connectivity index (χ0n) is 19.5. The molecule has 1 atom stereocenters. The Hall–Kier alpha value is -3.72. The Labute approximate surface area is 198 Å². The van der Waals surface area contributed by atoms with Crippen LogP contribution in [0.3, 0.4) is 0 Å². The molecule has 3 aromatic rings. The molecule has 1 aromatic carbocycles. The lowest BCUT2D eigenvalue weighted by atomic mass is 9.94. The van der Waals surface area contributed by atoms with Crippen molar-refractivity contribution in [3.8, 4) is 28.8 Å². The second-order valence-electron chi connectivity index (χ2n) is 8.08. The highest BCUT2D eigenvalue weighted by Crippen LogP contribution is 2.34. The van der Waals surface area contributed by atoms with E-state index < -0.39 is 0 Å². The van der Waals surface area contributed by atoms with Gasteiger partial charge in [0.15, 0.2) is 0 Å². The Morgan fingerprint density at radius 1 is 1.12 bits per heavy atom. The van der Waals surface area contributed by atoms with Crippen molar-refractivity contribution in [3.63, 3.8) is 0 Å². The van der Waals surface area contributed by atoms with Gasteiger partial charge in [-0.25, -0.2) is 15.0 Å². The molecule has 0 aliphatic carbocycles. The van der Waals surface area contributed by atoms with E-state index in [-0.39, 0.29) is 18.1 Å². The lowest BCUT2D eigenvalue weighted by Gasteiger charge is -2.28. The molecule has 2 aromatic heterocycles. The number of hydrogen-bond acceptors (Lipinski definition) is 8. The van der Waals surface area contributed by atoms with Crippen molar-refractivity contribution >= 4 is 5.91 Å². The summed E-state index contributed by atoms with van der Waals surface area (Å²) in [6, 6.07) is 9.34. The third-order valence-corrected chi connectivity index (χ3v) is 5.26. The molecule has 3 heterocycles. The summed E-state index contributed by atoms with van der Waals surface area (Å²) in [5.74, 6) is 1.03. The Balaban J connectivity index is 1.38. The predicted molar refractivity (Wildman–Crippen MR) is 125 cm³/mol. The van der Waals surface area contributed by atoms with E-state index in [1.54, 1.807) is 24.5 Å². The number of benzene rings is 1. The van der Waals surface area contributed by atoms with Crippen LogP contribution in [-0.2, 0) is 11.2 Å². The number of carbonyl (C=O) groups is 1. The van der Waals surface area contributed by atoms with Gasteiger partial charge in [-0.2, -0.15) is 0 Å². The third kappa shape index (κ3) is 5.79. The zero-order chi connectivity index (χ0) is 23.9. The van der Waals surface area contributed by atoms with Crippen molar-refractivity contribution in [2.75, 3.05) is 26.9 Å². The predicted octanol–water partition coefficient (Wildman–Crippen LogP) is 3.08. The van der Waals surface area contributed by atoms with Crippen molar-refractivity contribution in [2.24, 2.45) is 0 Å². The van der Waals surface area contributed by atoms with E-state index in [4.69, 9.17) is 18.9 Å². The van der Waals surface area contributed by atoms with Crippen LogP contribution in [0, 0.1) is 0 Å². The van der Waals surface area contributed by atoms with Crippen LogP contribution in [0.4, 0.5) is 0 Å². The standard InChI is InChI=1S/C25H28N4O5/c1-16(2)32-9-10-33-23-8-7-17(12-26-23)24(30)29-19-11-21-20(5-4-6-22(21)34-15-19)18-13-27-25(31-3)28-14-18/h4-8,12-14,16,19H,9-11,15H2,1-3H3,(H,29,30)/t19-/m0/s1. The highest BCUT2D eigenvalue weighted by atomic mass is 16.5. The van der Waals surface area contributed by atoms with E-state index in [0.717, 1.165) is 22.4 Å². The van der Waals surface area contributed by atoms with Gasteiger partial charge in [-0.3, -0.25) is 4.79 Å². The Kier molecular flexibility index (Phi) is 7.54. The van der Waals surface area contributed by atoms with E-state index in [0.29, 0.717) is 43.7 Å². The number of methoxy groups -OCH3 is 1. The fraction of sp³-hybridized carbons (Fsp3) is 0.360. The first-order valence-corrected chi connectivity index (χ1v) is 11.2. The van der Waals surface area contributed by atoms with Crippen molar-refractivity contribution in [1.29, 1.82) is 0 Å². The molecule has 1 amide bonds. The van der Waals surface area contributed by atoms with Gasteiger partial charge in [-0.15, -0.1) is 0 Å². The maximum atomic E-state index is 12.8. The van der Waals surface area contributed by atoms with Crippen LogP contribution < -0.4 is 19.5 Å². The van der Waals surface area contributed by atoms with Gasteiger partial charge < -0.3 is 24.3 Å². The van der Waals surface area contributed by atoms with Gasteiger partial charge in [-0.1, -0.05) is 12.1 Å². The molecule has 0 bridgehead atoms. The first kappa shape index (κ1) is 23.4. The monoisotopic (exact) mass is 464 g/mol. The molecule has 0 saturated heterocycles. The van der Waals surface area contributed by atoms with Crippen LogP contribution in [0.5, 0.6) is 17.6 Å². The summed E-state index contributed by atoms with van der Waals surface area (Å²) in [5.41, 5.74) is 3.27. The molecule has 0 saturated carbocycles. The van der Waals surface area contributed by atoms with Crippen LogP contribution in [0.1, 0.15) is 29.8 Å². The number of rotatable bonds is 9. The summed E-state index contributed by atoms with van der Waals surface area (Å²) in [6.45, 7) is 5.20. The van der Waals surface area contributed by atoms with Gasteiger partial charge in [0.2, 0.25) is 5.88 Å². The smallest absolute Gasteiger partial charge is 0.316 e. The lowest BCUT2D eigenvalue weighted by Crippen LogP contribution is -2.42. The van der Waals surface area contributed by atoms with Gasteiger partial charge in [0, 0.05) is 42.2 Å². The van der Waals surface area contributed by atoms with E-state index in [9.17, 15) is 4.79 Å². The molecule has 0 unspecified atom stereocenters. The summed E-state index contributed by atoms with van der Waals surface area (Å²) < 4.78 is 22.0. The molecule has 178 valence electrons. The second kappa shape index (κ2) is 10.9. The van der Waals surface area contributed by atoms with Crippen LogP contribution >= 0.6 is 0 Å². The number of amides is 1. The number of ether oxygens (including phenoxy) is 4. The maximum absolute atomic E-state index is 12.8. The van der Waals surface area contributed by atoms with Gasteiger partial charge in [0.1, 0.15) is 19.0 Å². The number of hydrogen-bond donors (Lipinski definition) is 1. The van der Waals surface area contributed by atoms with Gasteiger partial charge >= 0.3 is 6.01 Å². The number of nitrogens with one attached hydrogen (secondary N) is 1. The highest BCUT2D eigenvalue weighted by Gasteiger charge is 2.25. The Bertz CT molecular complexity index is 1100. The van der Waals surface area contributed by atoms with Crippen molar-refractivity contribution in [3.05, 3.63) is 60.0 Å². The van der Waals surface area contributed by atoms with Crippen LogP contribution in [0.25, 0.3) is 11.1 Å². The first-order chi connectivity index (χ1) is 16.5. The zero-order valence-corrected chi connectivity index (χ0v) is 19.5. The molecule has 0 spiro atoms. The summed E-state index contributed by atoms with van der Waals surface area (Å²) in [6.07, 6.45) is 5.71. The molecule has 34 heavy (non-hydrogen) atoms. The molecule has 4 rings (SSSR count). The Morgan fingerprint density at radius 3 is 2.65 bits per heavy atom. The summed E-state index contributed by atoms with van der Waals surface area (Å²) in [5, 5.41) is 3.04. The van der Waals surface area contributed by atoms with Crippen LogP contribution in [0.2, 0.25) is 0 Å². The van der Waals surface area contributed by atoms with E-state index >= 15 is 0 Å². The summed E-state index contributed by atoms with van der Waals surface area (Å²) >= 11 is 0. The molecule has 0 fully saturated rings. The molecule has 1 aliphatic rings. The fourth-order valence-corrected chi connectivity index (χ4v) is 3.63. The fourth-order valence-electron chi connectivity index (χ4n) is 3.63. The van der Waals surface area contributed by atoms with E-state index in [1.807, 2.05) is 32.0 Å². The molecule has 1 aliphatic heterocycles. The molecular weight excluding hydrogens is 436 g/mol. The topological polar surface area (TPSA) is 105 Å². The minimum absolute atomic E-state index is 0.152. The van der Waals surface area contributed by atoms with E-state index in [2.05, 4.69) is 20.3 Å². The minimum Gasteiger partial charge on any atom is -0.491 e. The van der Waals surface area contributed by atoms with Crippen LogP contribution in [0.15, 0.2) is 48.9 Å². The third-order valence-electron chi connectivity index (χ3n) is 5.26. The highest BCUT2D eigenvalue weighted by molar-refractivity contribution is 5.94. The van der Waals surface area contributed by atoms with Gasteiger partial charge in [0.05, 0.1) is 31.4 Å². The first-order valence-electron chi connectivity index (χ1n) is 11.2. The van der Waals surface area contributed by atoms with Crippen LogP contribution in [-0.4, -0.2) is 59.9 Å². The van der Waals surface area contributed by atoms with Crippen molar-refractivity contribution in [1.82, 2.24) is 20.3 Å². The number of carbonyl (C=O) groups excluding carboxylic acids is 1. The molecule has 9 nitrogen and oxygen atoms in total. The largest absolute Gasteiger partial charge is 0.491 e. The molecular formula is C25H28N4O5. The van der Waals surface area contributed by atoms with Crippen molar-refractivity contribution < 1.29 is 23.7 Å². The number of nitrogens with zero attached hydrogens (tertiary/aromatic N) is 3. The maximum Gasteiger partial charge on any atom is 0.316 e. The molecule has 1 N–H and O–H groups in total. The summed E-state index contributed by atoms with van der Waals surface area (Å²) in [7, 11) is 1.53. The number of pyridine rings is 1. The minimum atomic E-state index is -0.218. The average molecular weight is 465 g/mol.